The van der Waals surface area contributed by atoms with Crippen LogP contribution in [0.15, 0.2) is 21.5 Å². The monoisotopic (exact) mass is 182 g/mol. The summed E-state index contributed by atoms with van der Waals surface area (Å²) >= 11 is 0. The third-order valence-electron chi connectivity index (χ3n) is 1.78. The SMILES string of the molecule is CCCC=CCn1c(C)noc1=O. The molecule has 0 atom stereocenters. The van der Waals surface area contributed by atoms with Crippen molar-refractivity contribution < 1.29 is 4.52 Å². The molecule has 72 valence electrons. The fourth-order valence-corrected chi connectivity index (χ4v) is 1.01. The van der Waals surface area contributed by atoms with Crippen LogP contribution in [0.2, 0.25) is 0 Å². The highest BCUT2D eigenvalue weighted by Crippen LogP contribution is 1.92. The lowest BCUT2D eigenvalue weighted by molar-refractivity contribution is 0.376. The number of allylic oxidation sites excluding steroid dienone is 2. The number of hydrogen-bond donors (Lipinski definition) is 0. The third kappa shape index (κ3) is 2.57. The van der Waals surface area contributed by atoms with Gasteiger partial charge in [-0.2, -0.15) is 0 Å². The lowest BCUT2D eigenvalue weighted by Gasteiger charge is -1.93. The zero-order chi connectivity index (χ0) is 9.68. The molecule has 0 N–H and O–H groups in total. The Balaban J connectivity index is 2.59. The van der Waals surface area contributed by atoms with Crippen molar-refractivity contribution in [3.05, 3.63) is 28.5 Å². The third-order valence-corrected chi connectivity index (χ3v) is 1.78. The van der Waals surface area contributed by atoms with E-state index in [0.717, 1.165) is 12.8 Å². The highest BCUT2D eigenvalue weighted by atomic mass is 16.5. The van der Waals surface area contributed by atoms with Gasteiger partial charge >= 0.3 is 5.76 Å². The normalized spacial score (nSPS) is 11.2. The molecule has 1 heterocycles. The average molecular weight is 182 g/mol. The predicted octanol–water partition coefficient (Wildman–Crippen LogP) is 1.50. The highest BCUT2D eigenvalue weighted by molar-refractivity contribution is 4.87. The molecule has 0 spiro atoms. The summed E-state index contributed by atoms with van der Waals surface area (Å²) < 4.78 is 5.97. The predicted molar refractivity (Wildman–Crippen MR) is 49.5 cm³/mol. The van der Waals surface area contributed by atoms with E-state index in [-0.39, 0.29) is 0 Å². The van der Waals surface area contributed by atoms with Crippen molar-refractivity contribution in [1.82, 2.24) is 9.72 Å². The van der Waals surface area contributed by atoms with E-state index < -0.39 is 5.76 Å². The Bertz CT molecular complexity index is 336. The van der Waals surface area contributed by atoms with E-state index in [2.05, 4.69) is 22.7 Å². The molecule has 13 heavy (non-hydrogen) atoms. The van der Waals surface area contributed by atoms with Gasteiger partial charge in [0.05, 0.1) is 0 Å². The lowest BCUT2D eigenvalue weighted by Crippen LogP contribution is -2.14. The summed E-state index contributed by atoms with van der Waals surface area (Å²) in [5, 5.41) is 3.56. The van der Waals surface area contributed by atoms with E-state index in [1.54, 1.807) is 6.92 Å². The molecule has 0 fully saturated rings. The van der Waals surface area contributed by atoms with Crippen molar-refractivity contribution in [2.75, 3.05) is 0 Å². The van der Waals surface area contributed by atoms with Crippen molar-refractivity contribution in [3.8, 4) is 0 Å². The fourth-order valence-electron chi connectivity index (χ4n) is 1.01. The van der Waals surface area contributed by atoms with E-state index in [1.807, 2.05) is 6.08 Å². The number of rotatable bonds is 4. The zero-order valence-electron chi connectivity index (χ0n) is 7.99. The van der Waals surface area contributed by atoms with Gasteiger partial charge in [0.2, 0.25) is 0 Å². The molecule has 0 radical (unpaired) electrons. The summed E-state index contributed by atoms with van der Waals surface area (Å²) in [6.45, 7) is 4.41. The molecule has 0 saturated heterocycles. The maximum Gasteiger partial charge on any atom is 0.441 e. The Hall–Kier alpha value is -1.32. The first-order chi connectivity index (χ1) is 6.25. The molecule has 1 rings (SSSR count). The molecule has 0 bridgehead atoms. The van der Waals surface area contributed by atoms with Crippen molar-refractivity contribution in [3.63, 3.8) is 0 Å². The van der Waals surface area contributed by atoms with Crippen LogP contribution in [-0.4, -0.2) is 9.72 Å². The van der Waals surface area contributed by atoms with Gasteiger partial charge in [-0.05, 0) is 13.3 Å². The van der Waals surface area contributed by atoms with E-state index in [4.69, 9.17) is 0 Å². The molecular formula is C9H14N2O2. The van der Waals surface area contributed by atoms with Crippen molar-refractivity contribution in [2.45, 2.75) is 33.2 Å². The largest absolute Gasteiger partial charge is 0.441 e. The number of aromatic nitrogens is 2. The van der Waals surface area contributed by atoms with Crippen LogP contribution in [0.5, 0.6) is 0 Å². The van der Waals surface area contributed by atoms with E-state index >= 15 is 0 Å². The van der Waals surface area contributed by atoms with E-state index in [0.29, 0.717) is 12.4 Å². The summed E-state index contributed by atoms with van der Waals surface area (Å²) in [5.41, 5.74) is 0. The smallest absolute Gasteiger partial charge is 0.296 e. The summed E-state index contributed by atoms with van der Waals surface area (Å²) in [7, 11) is 0. The number of hydrogen-bond acceptors (Lipinski definition) is 3. The van der Waals surface area contributed by atoms with Crippen molar-refractivity contribution in [1.29, 1.82) is 0 Å². The van der Waals surface area contributed by atoms with Gasteiger partial charge in [0, 0.05) is 6.54 Å². The first kappa shape index (κ1) is 9.77. The van der Waals surface area contributed by atoms with Crippen LogP contribution in [0, 0.1) is 6.92 Å². The second kappa shape index (κ2) is 4.64. The van der Waals surface area contributed by atoms with Crippen LogP contribution in [0.25, 0.3) is 0 Å². The first-order valence-corrected chi connectivity index (χ1v) is 4.43. The van der Waals surface area contributed by atoms with E-state index in [1.165, 1.54) is 4.57 Å². The molecule has 1 aromatic rings. The Morgan fingerprint density at radius 3 is 2.85 bits per heavy atom. The second-order valence-corrected chi connectivity index (χ2v) is 2.87. The van der Waals surface area contributed by atoms with Gasteiger partial charge in [-0.3, -0.25) is 9.09 Å². The summed E-state index contributed by atoms with van der Waals surface area (Å²) in [4.78, 5) is 11.0. The maximum absolute atomic E-state index is 11.0. The Morgan fingerprint density at radius 2 is 2.31 bits per heavy atom. The van der Waals surface area contributed by atoms with E-state index in [9.17, 15) is 4.79 Å². The Kier molecular flexibility index (Phi) is 3.49. The molecule has 4 nitrogen and oxygen atoms in total. The Labute approximate surface area is 76.9 Å². The number of unbranched alkanes of at least 4 members (excludes halogenated alkanes) is 1. The van der Waals surface area contributed by atoms with Gasteiger partial charge in [-0.15, -0.1) is 0 Å². The fraction of sp³-hybridized carbons (Fsp3) is 0.556. The maximum atomic E-state index is 11.0. The summed E-state index contributed by atoms with van der Waals surface area (Å²) in [6, 6.07) is 0. The van der Waals surface area contributed by atoms with Crippen LogP contribution in [-0.2, 0) is 6.54 Å². The molecule has 4 heteroatoms. The van der Waals surface area contributed by atoms with Gasteiger partial charge in [0.1, 0.15) is 0 Å². The molecule has 0 aliphatic rings. The summed E-state index contributed by atoms with van der Waals surface area (Å²) in [5.74, 6) is 0.227. The topological polar surface area (TPSA) is 48.0 Å². The summed E-state index contributed by atoms with van der Waals surface area (Å²) in [6.07, 6.45) is 6.17. The number of nitrogens with zero attached hydrogens (tertiary/aromatic N) is 2. The first-order valence-electron chi connectivity index (χ1n) is 4.43. The minimum atomic E-state index is -0.390. The molecule has 0 unspecified atom stereocenters. The van der Waals surface area contributed by atoms with Gasteiger partial charge < -0.3 is 0 Å². The van der Waals surface area contributed by atoms with Crippen LogP contribution in [0.3, 0.4) is 0 Å². The zero-order valence-corrected chi connectivity index (χ0v) is 7.99. The highest BCUT2D eigenvalue weighted by Gasteiger charge is 2.02. The van der Waals surface area contributed by atoms with Gasteiger partial charge in [0.15, 0.2) is 5.82 Å². The van der Waals surface area contributed by atoms with Crippen molar-refractivity contribution in [2.24, 2.45) is 0 Å². The van der Waals surface area contributed by atoms with Crippen molar-refractivity contribution >= 4 is 0 Å². The minimum Gasteiger partial charge on any atom is -0.296 e. The molecule has 0 amide bonds. The molecule has 1 aromatic heterocycles. The van der Waals surface area contributed by atoms with Crippen LogP contribution in [0.4, 0.5) is 0 Å². The molecule has 0 aliphatic carbocycles. The van der Waals surface area contributed by atoms with Gasteiger partial charge in [-0.25, -0.2) is 4.79 Å². The molecule has 0 aromatic carbocycles. The average Bonchev–Trinajstić information content (AvgIpc) is 2.42. The minimum absolute atomic E-state index is 0.390. The van der Waals surface area contributed by atoms with Gasteiger partial charge in [-0.1, -0.05) is 30.7 Å². The molecule has 0 saturated carbocycles. The van der Waals surface area contributed by atoms with Crippen LogP contribution < -0.4 is 5.76 Å². The molecular weight excluding hydrogens is 168 g/mol. The van der Waals surface area contributed by atoms with Crippen LogP contribution in [0.1, 0.15) is 25.6 Å². The number of aryl methyl sites for hydroxylation is 1. The van der Waals surface area contributed by atoms with Gasteiger partial charge in [0.25, 0.3) is 0 Å². The standard InChI is InChI=1S/C9H14N2O2/c1-3-4-5-6-7-11-8(2)10-13-9(11)12/h5-6H,3-4,7H2,1-2H3. The van der Waals surface area contributed by atoms with Crippen LogP contribution >= 0.6 is 0 Å². The second-order valence-electron chi connectivity index (χ2n) is 2.87. The molecule has 0 aliphatic heterocycles. The Morgan fingerprint density at radius 1 is 1.54 bits per heavy atom. The lowest BCUT2D eigenvalue weighted by atomic mass is 10.3. The quantitative estimate of drug-likeness (QED) is 0.663.